The minimum atomic E-state index is -0.502. The molecule has 18 heavy (non-hydrogen) atoms. The number of hydrogen-bond acceptors (Lipinski definition) is 3. The van der Waals surface area contributed by atoms with Gasteiger partial charge in [0.1, 0.15) is 5.69 Å². The SMILES string of the molecule is CC(C)Cc1c(-c2cccc(Cl)c2F)noc1N. The fourth-order valence-electron chi connectivity index (χ4n) is 1.83. The van der Waals surface area contributed by atoms with Crippen LogP contribution < -0.4 is 5.73 Å². The summed E-state index contributed by atoms with van der Waals surface area (Å²) in [5, 5.41) is 3.90. The molecule has 0 bridgehead atoms. The summed E-state index contributed by atoms with van der Waals surface area (Å²) in [7, 11) is 0. The van der Waals surface area contributed by atoms with Crippen molar-refractivity contribution < 1.29 is 8.91 Å². The highest BCUT2D eigenvalue weighted by Gasteiger charge is 2.20. The molecule has 0 aliphatic heterocycles. The Kier molecular flexibility index (Phi) is 3.57. The molecule has 0 atom stereocenters. The minimum Gasteiger partial charge on any atom is -0.367 e. The van der Waals surface area contributed by atoms with E-state index in [9.17, 15) is 4.39 Å². The van der Waals surface area contributed by atoms with Crippen LogP contribution in [0.25, 0.3) is 11.3 Å². The normalized spacial score (nSPS) is 11.2. The van der Waals surface area contributed by atoms with Crippen molar-refractivity contribution in [2.24, 2.45) is 5.92 Å². The molecule has 1 aromatic heterocycles. The highest BCUT2D eigenvalue weighted by Crippen LogP contribution is 2.33. The Morgan fingerprint density at radius 3 is 2.83 bits per heavy atom. The predicted molar refractivity (Wildman–Crippen MR) is 69.9 cm³/mol. The zero-order valence-electron chi connectivity index (χ0n) is 10.2. The van der Waals surface area contributed by atoms with Crippen LogP contribution in [0.2, 0.25) is 5.02 Å². The Bertz CT molecular complexity index is 566. The van der Waals surface area contributed by atoms with Crippen molar-refractivity contribution in [3.63, 3.8) is 0 Å². The molecule has 3 nitrogen and oxygen atoms in total. The molecule has 2 N–H and O–H groups in total. The summed E-state index contributed by atoms with van der Waals surface area (Å²) in [4.78, 5) is 0. The molecule has 96 valence electrons. The summed E-state index contributed by atoms with van der Waals surface area (Å²) in [6.45, 7) is 4.09. The summed E-state index contributed by atoms with van der Waals surface area (Å²) in [6.07, 6.45) is 0.677. The molecule has 0 aliphatic rings. The lowest BCUT2D eigenvalue weighted by molar-refractivity contribution is 0.437. The second-order valence-electron chi connectivity index (χ2n) is 4.57. The number of nitrogens with two attached hydrogens (primary N) is 1. The standard InChI is InChI=1S/C13H14ClFN2O/c1-7(2)6-9-12(17-18-13(9)16)8-4-3-5-10(14)11(8)15/h3-5,7H,6,16H2,1-2H3. The molecule has 0 amide bonds. The van der Waals surface area contributed by atoms with E-state index >= 15 is 0 Å². The van der Waals surface area contributed by atoms with Crippen molar-refractivity contribution in [1.29, 1.82) is 0 Å². The second-order valence-corrected chi connectivity index (χ2v) is 4.98. The molecule has 0 aliphatic carbocycles. The van der Waals surface area contributed by atoms with Crippen LogP contribution in [0.4, 0.5) is 10.3 Å². The molecule has 0 spiro atoms. The van der Waals surface area contributed by atoms with E-state index < -0.39 is 5.82 Å². The van der Waals surface area contributed by atoms with Crippen LogP contribution in [0.5, 0.6) is 0 Å². The Morgan fingerprint density at radius 2 is 2.17 bits per heavy atom. The van der Waals surface area contributed by atoms with Gasteiger partial charge in [-0.1, -0.05) is 36.7 Å². The number of nitrogen functional groups attached to an aromatic ring is 1. The van der Waals surface area contributed by atoms with Crippen molar-refractivity contribution >= 4 is 17.5 Å². The van der Waals surface area contributed by atoms with E-state index in [1.54, 1.807) is 12.1 Å². The summed E-state index contributed by atoms with van der Waals surface area (Å²) in [5.41, 5.74) is 7.21. The molecule has 1 aromatic carbocycles. The summed E-state index contributed by atoms with van der Waals surface area (Å²) in [6, 6.07) is 4.78. The van der Waals surface area contributed by atoms with E-state index in [1.165, 1.54) is 6.07 Å². The van der Waals surface area contributed by atoms with Gasteiger partial charge in [-0.15, -0.1) is 0 Å². The van der Waals surface area contributed by atoms with Crippen molar-refractivity contribution in [2.75, 3.05) is 5.73 Å². The van der Waals surface area contributed by atoms with Gasteiger partial charge in [0.25, 0.3) is 0 Å². The second kappa shape index (κ2) is 4.98. The van der Waals surface area contributed by atoms with Gasteiger partial charge in [0.2, 0.25) is 5.88 Å². The fraction of sp³-hybridized carbons (Fsp3) is 0.308. The average molecular weight is 269 g/mol. The zero-order chi connectivity index (χ0) is 13.3. The number of benzene rings is 1. The van der Waals surface area contributed by atoms with Crippen molar-refractivity contribution in [1.82, 2.24) is 5.16 Å². The van der Waals surface area contributed by atoms with Crippen molar-refractivity contribution in [2.45, 2.75) is 20.3 Å². The highest BCUT2D eigenvalue weighted by molar-refractivity contribution is 6.31. The summed E-state index contributed by atoms with van der Waals surface area (Å²) >= 11 is 5.76. The van der Waals surface area contributed by atoms with Gasteiger partial charge in [0.15, 0.2) is 5.82 Å². The third-order valence-corrected chi connectivity index (χ3v) is 2.93. The molecule has 2 rings (SSSR count). The predicted octanol–water partition coefficient (Wildman–Crippen LogP) is 3.91. The molecule has 5 heteroatoms. The molecular formula is C13H14ClFN2O. The number of hydrogen-bond donors (Lipinski definition) is 1. The van der Waals surface area contributed by atoms with Crippen molar-refractivity contribution in [3.8, 4) is 11.3 Å². The smallest absolute Gasteiger partial charge is 0.225 e. The van der Waals surface area contributed by atoms with Gasteiger partial charge in [0, 0.05) is 11.1 Å². The van der Waals surface area contributed by atoms with Crippen LogP contribution in [0.1, 0.15) is 19.4 Å². The van der Waals surface area contributed by atoms with Gasteiger partial charge in [-0.3, -0.25) is 0 Å². The molecule has 0 saturated carbocycles. The Labute approximate surface area is 110 Å². The molecular weight excluding hydrogens is 255 g/mol. The fourth-order valence-corrected chi connectivity index (χ4v) is 2.00. The lowest BCUT2D eigenvalue weighted by Crippen LogP contribution is -1.99. The van der Waals surface area contributed by atoms with Crippen LogP contribution in [0.3, 0.4) is 0 Å². The first-order valence-corrected chi connectivity index (χ1v) is 6.07. The summed E-state index contributed by atoms with van der Waals surface area (Å²) in [5.74, 6) is 0.100. The first kappa shape index (κ1) is 12.9. The van der Waals surface area contributed by atoms with Crippen LogP contribution in [-0.4, -0.2) is 5.16 Å². The van der Waals surface area contributed by atoms with E-state index in [0.717, 1.165) is 5.56 Å². The van der Waals surface area contributed by atoms with E-state index in [0.29, 0.717) is 23.6 Å². The Balaban J connectivity index is 2.54. The van der Waals surface area contributed by atoms with E-state index in [4.69, 9.17) is 21.9 Å². The first-order chi connectivity index (χ1) is 8.50. The quantitative estimate of drug-likeness (QED) is 0.918. The van der Waals surface area contributed by atoms with Gasteiger partial charge in [-0.05, 0) is 24.5 Å². The third-order valence-electron chi connectivity index (χ3n) is 2.64. The molecule has 2 aromatic rings. The number of anilines is 1. The molecule has 1 heterocycles. The first-order valence-electron chi connectivity index (χ1n) is 5.69. The number of halogens is 2. The maximum absolute atomic E-state index is 14.0. The number of rotatable bonds is 3. The lowest BCUT2D eigenvalue weighted by atomic mass is 9.99. The minimum absolute atomic E-state index is 0.0598. The number of nitrogens with zero attached hydrogens (tertiary/aromatic N) is 1. The largest absolute Gasteiger partial charge is 0.367 e. The monoisotopic (exact) mass is 268 g/mol. The topological polar surface area (TPSA) is 52.0 Å². The molecule has 0 unspecified atom stereocenters. The van der Waals surface area contributed by atoms with Crippen LogP contribution >= 0.6 is 11.6 Å². The van der Waals surface area contributed by atoms with Gasteiger partial charge in [0.05, 0.1) is 5.02 Å². The molecule has 0 fully saturated rings. The molecule has 0 saturated heterocycles. The van der Waals surface area contributed by atoms with Gasteiger partial charge < -0.3 is 10.3 Å². The third kappa shape index (κ3) is 2.34. The van der Waals surface area contributed by atoms with E-state index in [-0.39, 0.29) is 10.9 Å². The summed E-state index contributed by atoms with van der Waals surface area (Å²) < 4.78 is 18.9. The van der Waals surface area contributed by atoms with E-state index in [2.05, 4.69) is 5.16 Å². The van der Waals surface area contributed by atoms with Crippen LogP contribution in [0, 0.1) is 11.7 Å². The zero-order valence-corrected chi connectivity index (χ0v) is 11.0. The average Bonchev–Trinajstić information content (AvgIpc) is 2.64. The van der Waals surface area contributed by atoms with Crippen LogP contribution in [-0.2, 0) is 6.42 Å². The van der Waals surface area contributed by atoms with Crippen LogP contribution in [0.15, 0.2) is 22.7 Å². The van der Waals surface area contributed by atoms with Gasteiger partial charge in [-0.25, -0.2) is 4.39 Å². The Hall–Kier alpha value is -1.55. The maximum Gasteiger partial charge on any atom is 0.225 e. The van der Waals surface area contributed by atoms with E-state index in [1.807, 2.05) is 13.8 Å². The van der Waals surface area contributed by atoms with Gasteiger partial charge >= 0.3 is 0 Å². The number of aromatic nitrogens is 1. The lowest BCUT2D eigenvalue weighted by Gasteiger charge is -2.06. The highest BCUT2D eigenvalue weighted by atomic mass is 35.5. The maximum atomic E-state index is 14.0. The molecule has 0 radical (unpaired) electrons. The Morgan fingerprint density at radius 1 is 1.44 bits per heavy atom. The van der Waals surface area contributed by atoms with Gasteiger partial charge in [-0.2, -0.15) is 0 Å². The van der Waals surface area contributed by atoms with Crippen molar-refractivity contribution in [3.05, 3.63) is 34.6 Å².